The molecule has 2 fully saturated rings. The van der Waals surface area contributed by atoms with E-state index >= 15 is 0 Å². The minimum Gasteiger partial charge on any atom is -0.363 e. The fraction of sp³-hybridized carbons (Fsp3) is 0.409. The van der Waals surface area contributed by atoms with Crippen molar-refractivity contribution in [1.29, 1.82) is 0 Å². The van der Waals surface area contributed by atoms with Crippen LogP contribution in [0.5, 0.6) is 0 Å². The van der Waals surface area contributed by atoms with Gasteiger partial charge in [-0.15, -0.1) is 0 Å². The van der Waals surface area contributed by atoms with Crippen LogP contribution in [0.4, 0.5) is 10.1 Å². The lowest BCUT2D eigenvalue weighted by molar-refractivity contribution is -0.144. The zero-order valence-corrected chi connectivity index (χ0v) is 15.4. The number of benzene rings is 2. The number of hydrogen-bond donors (Lipinski definition) is 0. The molecule has 142 valence electrons. The smallest absolute Gasteiger partial charge is 0.253 e. The second kappa shape index (κ2) is 7.79. The van der Waals surface area contributed by atoms with Gasteiger partial charge >= 0.3 is 0 Å². The summed E-state index contributed by atoms with van der Waals surface area (Å²) in [6, 6.07) is 16.8. The Morgan fingerprint density at radius 2 is 1.81 bits per heavy atom. The Balaban J connectivity index is 1.36. The van der Waals surface area contributed by atoms with Crippen LogP contribution in [0.2, 0.25) is 0 Å². The number of ether oxygens (including phenoxy) is 1. The van der Waals surface area contributed by atoms with Crippen LogP contribution in [0, 0.1) is 5.82 Å². The number of hydrogen-bond acceptors (Lipinski definition) is 3. The molecule has 2 aromatic rings. The lowest BCUT2D eigenvalue weighted by Crippen LogP contribution is -2.59. The van der Waals surface area contributed by atoms with E-state index in [9.17, 15) is 9.18 Å². The van der Waals surface area contributed by atoms with Crippen molar-refractivity contribution in [2.45, 2.75) is 24.9 Å². The van der Waals surface area contributed by atoms with E-state index in [0.29, 0.717) is 12.2 Å². The number of anilines is 1. The SMILES string of the molecule is O=C1COC2(CCN(CCc3ccccc3)CC2)CN1c1cccc(F)c1. The van der Waals surface area contributed by atoms with Gasteiger partial charge in [0.1, 0.15) is 12.4 Å². The average molecular weight is 368 g/mol. The number of nitrogens with zero attached hydrogens (tertiary/aromatic N) is 2. The molecule has 2 saturated heterocycles. The number of morpholine rings is 1. The number of piperidine rings is 1. The Morgan fingerprint density at radius 1 is 1.04 bits per heavy atom. The van der Waals surface area contributed by atoms with E-state index in [1.54, 1.807) is 17.0 Å². The van der Waals surface area contributed by atoms with Gasteiger partial charge in [-0.1, -0.05) is 36.4 Å². The maximum absolute atomic E-state index is 13.6. The van der Waals surface area contributed by atoms with Crippen LogP contribution in [0.3, 0.4) is 0 Å². The first-order valence-electron chi connectivity index (χ1n) is 9.60. The van der Waals surface area contributed by atoms with Gasteiger partial charge in [0.15, 0.2) is 0 Å². The molecule has 5 heteroatoms. The predicted molar refractivity (Wildman–Crippen MR) is 103 cm³/mol. The van der Waals surface area contributed by atoms with E-state index in [4.69, 9.17) is 4.74 Å². The quantitative estimate of drug-likeness (QED) is 0.830. The summed E-state index contributed by atoms with van der Waals surface area (Å²) in [6.45, 7) is 3.52. The van der Waals surface area contributed by atoms with Gasteiger partial charge in [0.2, 0.25) is 0 Å². The highest BCUT2D eigenvalue weighted by atomic mass is 19.1. The van der Waals surface area contributed by atoms with E-state index in [1.807, 2.05) is 6.07 Å². The van der Waals surface area contributed by atoms with E-state index in [2.05, 4.69) is 29.2 Å². The molecule has 0 atom stereocenters. The number of rotatable bonds is 4. The fourth-order valence-corrected chi connectivity index (χ4v) is 4.01. The topological polar surface area (TPSA) is 32.8 Å². The molecular weight excluding hydrogens is 343 g/mol. The number of likely N-dealkylation sites (tertiary alicyclic amines) is 1. The van der Waals surface area contributed by atoms with E-state index in [1.165, 1.54) is 17.7 Å². The molecule has 1 spiro atoms. The Kier molecular flexibility index (Phi) is 5.23. The van der Waals surface area contributed by atoms with Crippen molar-refractivity contribution in [3.05, 3.63) is 66.0 Å². The summed E-state index contributed by atoms with van der Waals surface area (Å²) < 4.78 is 19.6. The lowest BCUT2D eigenvalue weighted by atomic mass is 9.89. The first-order valence-corrected chi connectivity index (χ1v) is 9.60. The third kappa shape index (κ3) is 4.20. The molecule has 0 saturated carbocycles. The summed E-state index contributed by atoms with van der Waals surface area (Å²) in [7, 11) is 0. The number of halogens is 1. The molecule has 0 radical (unpaired) electrons. The van der Waals surface area contributed by atoms with Gasteiger partial charge in [0.05, 0.1) is 12.1 Å². The number of amides is 1. The number of carbonyl (C=O) groups is 1. The van der Waals surface area contributed by atoms with Gasteiger partial charge in [-0.05, 0) is 43.0 Å². The van der Waals surface area contributed by atoms with Crippen LogP contribution in [-0.2, 0) is 16.0 Å². The van der Waals surface area contributed by atoms with Crippen molar-refractivity contribution in [3.8, 4) is 0 Å². The minimum atomic E-state index is -0.323. The largest absolute Gasteiger partial charge is 0.363 e. The van der Waals surface area contributed by atoms with Crippen molar-refractivity contribution >= 4 is 11.6 Å². The first kappa shape index (κ1) is 18.1. The summed E-state index contributed by atoms with van der Waals surface area (Å²) in [5.74, 6) is -0.422. The maximum atomic E-state index is 13.6. The molecular formula is C22H25FN2O2. The molecule has 0 unspecified atom stereocenters. The average Bonchev–Trinajstić information content (AvgIpc) is 2.70. The Hall–Kier alpha value is -2.24. The third-order valence-corrected chi connectivity index (χ3v) is 5.70. The lowest BCUT2D eigenvalue weighted by Gasteiger charge is -2.47. The third-order valence-electron chi connectivity index (χ3n) is 5.70. The van der Waals surface area contributed by atoms with Crippen molar-refractivity contribution in [3.63, 3.8) is 0 Å². The molecule has 1 amide bonds. The van der Waals surface area contributed by atoms with Crippen molar-refractivity contribution in [1.82, 2.24) is 4.90 Å². The second-order valence-corrected chi connectivity index (χ2v) is 7.51. The van der Waals surface area contributed by atoms with Crippen LogP contribution in [0.1, 0.15) is 18.4 Å². The van der Waals surface area contributed by atoms with Crippen molar-refractivity contribution in [2.75, 3.05) is 37.7 Å². The first-order chi connectivity index (χ1) is 13.1. The molecule has 2 aliphatic rings. The Labute approximate surface area is 159 Å². The maximum Gasteiger partial charge on any atom is 0.253 e. The molecule has 2 heterocycles. The van der Waals surface area contributed by atoms with Gasteiger partial charge in [-0.2, -0.15) is 0 Å². The summed E-state index contributed by atoms with van der Waals surface area (Å²) in [6.07, 6.45) is 2.82. The van der Waals surface area contributed by atoms with Crippen LogP contribution < -0.4 is 4.90 Å². The monoisotopic (exact) mass is 368 g/mol. The van der Waals surface area contributed by atoms with E-state index in [-0.39, 0.29) is 23.9 Å². The van der Waals surface area contributed by atoms with E-state index < -0.39 is 0 Å². The minimum absolute atomic E-state index is 0.0700. The van der Waals surface area contributed by atoms with Crippen LogP contribution in [0.25, 0.3) is 0 Å². The fourth-order valence-electron chi connectivity index (χ4n) is 4.01. The molecule has 0 bridgehead atoms. The molecule has 0 aromatic heterocycles. The Morgan fingerprint density at radius 3 is 2.56 bits per heavy atom. The summed E-state index contributed by atoms with van der Waals surface area (Å²) in [4.78, 5) is 16.5. The highest BCUT2D eigenvalue weighted by molar-refractivity contribution is 5.95. The molecule has 4 rings (SSSR count). The molecule has 2 aromatic carbocycles. The predicted octanol–water partition coefficient (Wildman–Crippen LogP) is 3.27. The number of carbonyl (C=O) groups excluding carboxylic acids is 1. The van der Waals surface area contributed by atoms with Gasteiger partial charge in [0, 0.05) is 25.3 Å². The van der Waals surface area contributed by atoms with Crippen LogP contribution in [0.15, 0.2) is 54.6 Å². The molecule has 27 heavy (non-hydrogen) atoms. The van der Waals surface area contributed by atoms with Gasteiger partial charge in [-0.3, -0.25) is 4.79 Å². The van der Waals surface area contributed by atoms with Crippen molar-refractivity contribution in [2.24, 2.45) is 0 Å². The van der Waals surface area contributed by atoms with Crippen LogP contribution >= 0.6 is 0 Å². The highest BCUT2D eigenvalue weighted by Crippen LogP contribution is 2.33. The molecule has 0 aliphatic carbocycles. The van der Waals surface area contributed by atoms with Crippen molar-refractivity contribution < 1.29 is 13.9 Å². The molecule has 0 N–H and O–H groups in total. The molecule has 2 aliphatic heterocycles. The normalized spacial score (nSPS) is 20.2. The zero-order chi connectivity index (χ0) is 18.7. The Bertz CT molecular complexity index is 788. The second-order valence-electron chi connectivity index (χ2n) is 7.51. The van der Waals surface area contributed by atoms with Gasteiger partial charge in [-0.25, -0.2) is 4.39 Å². The summed E-state index contributed by atoms with van der Waals surface area (Å²) in [5, 5.41) is 0. The standard InChI is InChI=1S/C22H25FN2O2/c23-19-7-4-8-20(15-19)25-17-22(27-16-21(25)26)10-13-24(14-11-22)12-9-18-5-2-1-3-6-18/h1-8,15H,9-14,16-17H2. The van der Waals surface area contributed by atoms with Gasteiger partial charge in [0.25, 0.3) is 5.91 Å². The van der Waals surface area contributed by atoms with Crippen LogP contribution in [-0.4, -0.2) is 49.2 Å². The summed E-state index contributed by atoms with van der Waals surface area (Å²) >= 11 is 0. The van der Waals surface area contributed by atoms with E-state index in [0.717, 1.165) is 38.9 Å². The summed E-state index contributed by atoms with van der Waals surface area (Å²) in [5.41, 5.74) is 1.66. The molecule has 4 nitrogen and oxygen atoms in total. The zero-order valence-electron chi connectivity index (χ0n) is 15.4. The highest BCUT2D eigenvalue weighted by Gasteiger charge is 2.42. The van der Waals surface area contributed by atoms with Gasteiger partial charge < -0.3 is 14.5 Å².